The second kappa shape index (κ2) is 5.17. The van der Waals surface area contributed by atoms with Gasteiger partial charge in [-0.2, -0.15) is 0 Å². The van der Waals surface area contributed by atoms with Crippen molar-refractivity contribution in [3.63, 3.8) is 0 Å². The van der Waals surface area contributed by atoms with E-state index in [1.54, 1.807) is 31.2 Å². The van der Waals surface area contributed by atoms with Gasteiger partial charge < -0.3 is 9.52 Å². The largest absolute Gasteiger partial charge is 0.456 e. The molecule has 1 heterocycles. The van der Waals surface area contributed by atoms with E-state index in [0.717, 1.165) is 5.39 Å². The molecule has 0 spiro atoms. The summed E-state index contributed by atoms with van der Waals surface area (Å²) in [7, 11) is 0. The van der Waals surface area contributed by atoms with E-state index in [2.05, 4.69) is 0 Å². The van der Waals surface area contributed by atoms with E-state index in [1.807, 2.05) is 12.1 Å². The Labute approximate surface area is 126 Å². The lowest BCUT2D eigenvalue weighted by molar-refractivity contribution is 0.0360. The summed E-state index contributed by atoms with van der Waals surface area (Å²) in [6.45, 7) is 1.64. The molecule has 0 fully saturated rings. The van der Waals surface area contributed by atoms with Crippen LogP contribution in [0, 0.1) is 5.82 Å². The predicted molar refractivity (Wildman–Crippen MR) is 80.9 cm³/mol. The Balaban J connectivity index is 1.97. The van der Waals surface area contributed by atoms with E-state index in [4.69, 9.17) is 16.0 Å². The summed E-state index contributed by atoms with van der Waals surface area (Å²) in [4.78, 5) is 0. The van der Waals surface area contributed by atoms with E-state index in [0.29, 0.717) is 21.9 Å². The number of hydrogen-bond donors (Lipinski definition) is 1. The van der Waals surface area contributed by atoms with Crippen molar-refractivity contribution in [2.45, 2.75) is 18.9 Å². The fourth-order valence-electron chi connectivity index (χ4n) is 2.42. The summed E-state index contributed by atoms with van der Waals surface area (Å²) in [5.74, 6) is 0.0887. The van der Waals surface area contributed by atoms with Gasteiger partial charge in [0.25, 0.3) is 0 Å². The van der Waals surface area contributed by atoms with Crippen molar-refractivity contribution in [1.29, 1.82) is 0 Å². The fourth-order valence-corrected chi connectivity index (χ4v) is 2.64. The maximum atomic E-state index is 13.2. The van der Waals surface area contributed by atoms with Crippen LogP contribution in [-0.4, -0.2) is 5.11 Å². The lowest BCUT2D eigenvalue weighted by atomic mass is 9.94. The van der Waals surface area contributed by atoms with Crippen LogP contribution in [0.15, 0.2) is 52.9 Å². The summed E-state index contributed by atoms with van der Waals surface area (Å²) >= 11 is 6.08. The minimum Gasteiger partial charge on any atom is -0.456 e. The molecule has 108 valence electrons. The lowest BCUT2D eigenvalue weighted by Gasteiger charge is -2.20. The highest BCUT2D eigenvalue weighted by Crippen LogP contribution is 2.33. The average molecular weight is 305 g/mol. The van der Waals surface area contributed by atoms with Crippen molar-refractivity contribution in [2.24, 2.45) is 0 Å². The number of benzene rings is 2. The molecule has 0 aliphatic rings. The van der Waals surface area contributed by atoms with Gasteiger partial charge in [-0.15, -0.1) is 0 Å². The number of aliphatic hydroxyl groups is 1. The van der Waals surface area contributed by atoms with Gasteiger partial charge >= 0.3 is 0 Å². The first kappa shape index (κ1) is 14.1. The molecule has 0 amide bonds. The fraction of sp³-hybridized carbons (Fsp3) is 0.176. The minimum absolute atomic E-state index is 0.252. The van der Waals surface area contributed by atoms with E-state index >= 15 is 0 Å². The molecule has 0 saturated heterocycles. The molecule has 0 saturated carbocycles. The number of furan rings is 1. The molecule has 0 bridgehead atoms. The molecule has 4 heteroatoms. The van der Waals surface area contributed by atoms with Gasteiger partial charge in [-0.05, 0) is 36.8 Å². The van der Waals surface area contributed by atoms with Gasteiger partial charge in [-0.1, -0.05) is 35.9 Å². The molecule has 1 N–H and O–H groups in total. The number of hydrogen-bond acceptors (Lipinski definition) is 2. The molecule has 1 atom stereocenters. The normalized spacial score (nSPS) is 14.3. The summed E-state index contributed by atoms with van der Waals surface area (Å²) in [5, 5.41) is 12.0. The molecule has 21 heavy (non-hydrogen) atoms. The molecule has 3 aromatic rings. The van der Waals surface area contributed by atoms with Gasteiger partial charge in [-0.3, -0.25) is 0 Å². The first-order valence-corrected chi connectivity index (χ1v) is 6.99. The number of halogens is 2. The average Bonchev–Trinajstić information content (AvgIpc) is 2.84. The van der Waals surface area contributed by atoms with Gasteiger partial charge in [0.05, 0.1) is 5.02 Å². The molecule has 0 aliphatic heterocycles. The Kier molecular flexibility index (Phi) is 3.47. The van der Waals surface area contributed by atoms with Crippen LogP contribution in [0.3, 0.4) is 0 Å². The standard InChI is InChI=1S/C17H14ClFO2/c1-17(20,10-11-4-2-6-13(19)8-11)15-9-12-5-3-7-14(18)16(12)21-15/h2-9,20H,10H2,1H3. The monoisotopic (exact) mass is 304 g/mol. The predicted octanol–water partition coefficient (Wildman–Crippen LogP) is 4.68. The second-order valence-corrected chi connectivity index (χ2v) is 5.76. The quantitative estimate of drug-likeness (QED) is 0.762. The molecule has 0 aliphatic carbocycles. The van der Waals surface area contributed by atoms with Crippen LogP contribution in [0.1, 0.15) is 18.2 Å². The first-order valence-electron chi connectivity index (χ1n) is 6.61. The summed E-state index contributed by atoms with van der Waals surface area (Å²) < 4.78 is 18.9. The first-order chi connectivity index (χ1) is 9.95. The van der Waals surface area contributed by atoms with Crippen LogP contribution in [0.5, 0.6) is 0 Å². The Hall–Kier alpha value is -1.84. The van der Waals surface area contributed by atoms with Crippen LogP contribution < -0.4 is 0 Å². The third-order valence-corrected chi connectivity index (χ3v) is 3.76. The summed E-state index contributed by atoms with van der Waals surface area (Å²) in [6, 6.07) is 13.4. The van der Waals surface area contributed by atoms with E-state index < -0.39 is 5.60 Å². The van der Waals surface area contributed by atoms with Crippen LogP contribution in [0.4, 0.5) is 4.39 Å². The smallest absolute Gasteiger partial charge is 0.153 e. The highest BCUT2D eigenvalue weighted by Gasteiger charge is 2.28. The zero-order valence-corrected chi connectivity index (χ0v) is 12.2. The molecule has 0 radical (unpaired) electrons. The molecule has 2 nitrogen and oxygen atoms in total. The Morgan fingerprint density at radius 2 is 1.95 bits per heavy atom. The van der Waals surface area contributed by atoms with E-state index in [1.165, 1.54) is 12.1 Å². The van der Waals surface area contributed by atoms with Crippen molar-refractivity contribution in [1.82, 2.24) is 0 Å². The highest BCUT2D eigenvalue weighted by molar-refractivity contribution is 6.34. The van der Waals surface area contributed by atoms with Crippen LogP contribution in [-0.2, 0) is 12.0 Å². The maximum absolute atomic E-state index is 13.2. The number of para-hydroxylation sites is 1. The van der Waals surface area contributed by atoms with Gasteiger partial charge in [-0.25, -0.2) is 4.39 Å². The molecule has 1 unspecified atom stereocenters. The highest BCUT2D eigenvalue weighted by atomic mass is 35.5. The zero-order chi connectivity index (χ0) is 15.0. The molecule has 2 aromatic carbocycles. The maximum Gasteiger partial charge on any atom is 0.153 e. The van der Waals surface area contributed by atoms with Crippen LogP contribution >= 0.6 is 11.6 Å². The van der Waals surface area contributed by atoms with Crippen molar-refractivity contribution in [3.05, 3.63) is 70.7 Å². The number of rotatable bonds is 3. The number of fused-ring (bicyclic) bond motifs is 1. The molecule has 1 aromatic heterocycles. The Morgan fingerprint density at radius 3 is 2.67 bits per heavy atom. The minimum atomic E-state index is -1.24. The van der Waals surface area contributed by atoms with E-state index in [9.17, 15) is 9.50 Å². The third kappa shape index (κ3) is 2.80. The molecular weight excluding hydrogens is 291 g/mol. The van der Waals surface area contributed by atoms with Crippen LogP contribution in [0.25, 0.3) is 11.0 Å². The van der Waals surface area contributed by atoms with Crippen molar-refractivity contribution < 1.29 is 13.9 Å². The van der Waals surface area contributed by atoms with Gasteiger partial charge in [0.15, 0.2) is 5.58 Å². The van der Waals surface area contributed by atoms with Crippen LogP contribution in [0.2, 0.25) is 5.02 Å². The Morgan fingerprint density at radius 1 is 1.19 bits per heavy atom. The van der Waals surface area contributed by atoms with Gasteiger partial charge in [0.1, 0.15) is 17.2 Å². The summed E-state index contributed by atoms with van der Waals surface area (Å²) in [6.07, 6.45) is 0.252. The van der Waals surface area contributed by atoms with Crippen molar-refractivity contribution >= 4 is 22.6 Å². The van der Waals surface area contributed by atoms with E-state index in [-0.39, 0.29) is 12.2 Å². The van der Waals surface area contributed by atoms with Crippen molar-refractivity contribution in [2.75, 3.05) is 0 Å². The van der Waals surface area contributed by atoms with Gasteiger partial charge in [0, 0.05) is 11.8 Å². The second-order valence-electron chi connectivity index (χ2n) is 5.35. The molecule has 3 rings (SSSR count). The SMILES string of the molecule is CC(O)(Cc1cccc(F)c1)c1cc2cccc(Cl)c2o1. The lowest BCUT2D eigenvalue weighted by Crippen LogP contribution is -2.23. The van der Waals surface area contributed by atoms with Gasteiger partial charge in [0.2, 0.25) is 0 Å². The Bertz CT molecular complexity index is 792. The van der Waals surface area contributed by atoms with Crippen molar-refractivity contribution in [3.8, 4) is 0 Å². The topological polar surface area (TPSA) is 33.4 Å². The zero-order valence-electron chi connectivity index (χ0n) is 11.4. The molecular formula is C17H14ClFO2. The third-order valence-electron chi connectivity index (χ3n) is 3.46. The summed E-state index contributed by atoms with van der Waals surface area (Å²) in [5.41, 5.74) is 0.0103.